The van der Waals surface area contributed by atoms with E-state index in [1.807, 2.05) is 38.1 Å². The number of urea groups is 1. The molecular weight excluding hydrogens is 276 g/mol. The summed E-state index contributed by atoms with van der Waals surface area (Å²) < 4.78 is 5.49. The molecule has 1 aromatic carbocycles. The minimum atomic E-state index is -0.113. The number of carbonyl (C=O) groups excluding carboxylic acids is 1. The first-order valence-corrected chi connectivity index (χ1v) is 8.36. The van der Waals surface area contributed by atoms with Gasteiger partial charge in [0.15, 0.2) is 0 Å². The lowest BCUT2D eigenvalue weighted by atomic mass is 10.1. The van der Waals surface area contributed by atoms with Crippen molar-refractivity contribution in [3.63, 3.8) is 0 Å². The predicted molar refractivity (Wildman–Crippen MR) is 91.3 cm³/mol. The smallest absolute Gasteiger partial charge is 0.315 e. The summed E-state index contributed by atoms with van der Waals surface area (Å²) in [5.74, 6) is 0.835. The number of hydrogen-bond acceptors (Lipinski definition) is 2. The highest BCUT2D eigenvalue weighted by molar-refractivity contribution is 5.74. The Labute approximate surface area is 134 Å². The molecule has 0 saturated heterocycles. The first kappa shape index (κ1) is 18.3. The zero-order chi connectivity index (χ0) is 16.4. The fourth-order valence-electron chi connectivity index (χ4n) is 2.36. The molecule has 0 aliphatic heterocycles. The highest BCUT2D eigenvalue weighted by Gasteiger charge is 2.12. The molecule has 0 saturated carbocycles. The van der Waals surface area contributed by atoms with Gasteiger partial charge in [-0.05, 0) is 44.9 Å². The summed E-state index contributed by atoms with van der Waals surface area (Å²) in [5, 5.41) is 5.98. The van der Waals surface area contributed by atoms with Gasteiger partial charge in [0, 0.05) is 6.04 Å². The van der Waals surface area contributed by atoms with Gasteiger partial charge in [0.25, 0.3) is 0 Å². The molecule has 4 heteroatoms. The summed E-state index contributed by atoms with van der Waals surface area (Å²) in [5.41, 5.74) is 1.04. The number of benzene rings is 1. The Balaban J connectivity index is 2.44. The third-order valence-corrected chi connectivity index (χ3v) is 3.63. The number of hydrogen-bond donors (Lipinski definition) is 2. The van der Waals surface area contributed by atoms with E-state index in [-0.39, 0.29) is 18.1 Å². The van der Waals surface area contributed by atoms with E-state index in [9.17, 15) is 4.79 Å². The van der Waals surface area contributed by atoms with Crippen molar-refractivity contribution in [2.24, 2.45) is 0 Å². The van der Waals surface area contributed by atoms with E-state index >= 15 is 0 Å². The predicted octanol–water partition coefficient (Wildman–Crippen LogP) is 4.41. The molecule has 0 fully saturated rings. The third-order valence-electron chi connectivity index (χ3n) is 3.63. The SMILES string of the molecule is CCCCCC(C)NC(=O)NC(C)c1cccc(OCC)c1. The molecule has 1 aromatic rings. The van der Waals surface area contributed by atoms with Gasteiger partial charge in [-0.3, -0.25) is 0 Å². The fraction of sp³-hybridized carbons (Fsp3) is 0.611. The number of unbranched alkanes of at least 4 members (excludes halogenated alkanes) is 2. The van der Waals surface area contributed by atoms with Gasteiger partial charge in [0.2, 0.25) is 0 Å². The van der Waals surface area contributed by atoms with E-state index < -0.39 is 0 Å². The maximum Gasteiger partial charge on any atom is 0.315 e. The van der Waals surface area contributed by atoms with Crippen molar-refractivity contribution in [1.82, 2.24) is 10.6 Å². The second kappa shape index (κ2) is 10.1. The minimum Gasteiger partial charge on any atom is -0.494 e. The lowest BCUT2D eigenvalue weighted by Gasteiger charge is -2.19. The average molecular weight is 306 g/mol. The molecule has 2 amide bonds. The monoisotopic (exact) mass is 306 g/mol. The van der Waals surface area contributed by atoms with E-state index in [4.69, 9.17) is 4.74 Å². The number of ether oxygens (including phenoxy) is 1. The largest absolute Gasteiger partial charge is 0.494 e. The van der Waals surface area contributed by atoms with Crippen molar-refractivity contribution in [3.05, 3.63) is 29.8 Å². The highest BCUT2D eigenvalue weighted by Crippen LogP contribution is 2.19. The molecule has 2 atom stereocenters. The molecule has 0 bridgehead atoms. The number of rotatable bonds is 9. The Morgan fingerprint density at radius 2 is 1.95 bits per heavy atom. The molecule has 0 aliphatic carbocycles. The topological polar surface area (TPSA) is 50.4 Å². The van der Waals surface area contributed by atoms with Crippen LogP contribution in [-0.4, -0.2) is 18.7 Å². The molecule has 0 heterocycles. The van der Waals surface area contributed by atoms with Crippen molar-refractivity contribution >= 4 is 6.03 Å². The third kappa shape index (κ3) is 6.83. The Morgan fingerprint density at radius 3 is 2.64 bits per heavy atom. The molecule has 124 valence electrons. The van der Waals surface area contributed by atoms with Gasteiger partial charge in [0.05, 0.1) is 12.6 Å². The van der Waals surface area contributed by atoms with Crippen LogP contribution in [0.4, 0.5) is 4.79 Å². The number of nitrogens with one attached hydrogen (secondary N) is 2. The number of carbonyl (C=O) groups is 1. The Bertz CT molecular complexity index is 448. The summed E-state index contributed by atoms with van der Waals surface area (Å²) in [6.07, 6.45) is 4.60. The van der Waals surface area contributed by atoms with Crippen LogP contribution in [0.2, 0.25) is 0 Å². The van der Waals surface area contributed by atoms with Crippen molar-refractivity contribution in [3.8, 4) is 5.75 Å². The Kier molecular flexibility index (Phi) is 8.41. The van der Waals surface area contributed by atoms with Gasteiger partial charge in [-0.25, -0.2) is 4.79 Å². The van der Waals surface area contributed by atoms with Crippen molar-refractivity contribution < 1.29 is 9.53 Å². The second-order valence-electron chi connectivity index (χ2n) is 5.74. The van der Waals surface area contributed by atoms with E-state index in [1.165, 1.54) is 12.8 Å². The van der Waals surface area contributed by atoms with Crippen LogP contribution in [0, 0.1) is 0 Å². The number of amides is 2. The van der Waals surface area contributed by atoms with Crippen LogP contribution >= 0.6 is 0 Å². The minimum absolute atomic E-state index is 0.0525. The molecule has 2 N–H and O–H groups in total. The van der Waals surface area contributed by atoms with E-state index in [2.05, 4.69) is 24.5 Å². The Morgan fingerprint density at radius 1 is 1.18 bits per heavy atom. The van der Waals surface area contributed by atoms with Crippen LogP contribution in [0.15, 0.2) is 24.3 Å². The van der Waals surface area contributed by atoms with Crippen LogP contribution in [0.5, 0.6) is 5.75 Å². The molecule has 22 heavy (non-hydrogen) atoms. The maximum atomic E-state index is 12.0. The fourth-order valence-corrected chi connectivity index (χ4v) is 2.36. The van der Waals surface area contributed by atoms with Crippen molar-refractivity contribution in [1.29, 1.82) is 0 Å². The Hall–Kier alpha value is -1.71. The van der Waals surface area contributed by atoms with Crippen molar-refractivity contribution in [2.75, 3.05) is 6.61 Å². The van der Waals surface area contributed by atoms with Gasteiger partial charge in [-0.2, -0.15) is 0 Å². The molecule has 0 aromatic heterocycles. The van der Waals surface area contributed by atoms with Crippen LogP contribution < -0.4 is 15.4 Å². The van der Waals surface area contributed by atoms with Crippen molar-refractivity contribution in [2.45, 2.75) is 65.5 Å². The lowest BCUT2D eigenvalue weighted by molar-refractivity contribution is 0.234. The zero-order valence-electron chi connectivity index (χ0n) is 14.3. The first-order chi connectivity index (χ1) is 10.6. The van der Waals surface area contributed by atoms with Gasteiger partial charge >= 0.3 is 6.03 Å². The van der Waals surface area contributed by atoms with Gasteiger partial charge in [-0.15, -0.1) is 0 Å². The summed E-state index contributed by atoms with van der Waals surface area (Å²) in [6.45, 7) is 8.81. The highest BCUT2D eigenvalue weighted by atomic mass is 16.5. The lowest BCUT2D eigenvalue weighted by Crippen LogP contribution is -2.41. The van der Waals surface area contributed by atoms with E-state index in [0.717, 1.165) is 24.2 Å². The molecule has 2 unspecified atom stereocenters. The van der Waals surface area contributed by atoms with E-state index in [1.54, 1.807) is 0 Å². The summed E-state index contributed by atoms with van der Waals surface area (Å²) in [7, 11) is 0. The molecule has 0 radical (unpaired) electrons. The molecule has 4 nitrogen and oxygen atoms in total. The van der Waals surface area contributed by atoms with Crippen LogP contribution in [0.25, 0.3) is 0 Å². The normalized spacial score (nSPS) is 13.3. The summed E-state index contributed by atoms with van der Waals surface area (Å²) >= 11 is 0. The molecular formula is C18H30N2O2. The summed E-state index contributed by atoms with van der Waals surface area (Å²) in [4.78, 5) is 12.0. The van der Waals surface area contributed by atoms with Crippen LogP contribution in [0.1, 0.15) is 65.0 Å². The first-order valence-electron chi connectivity index (χ1n) is 8.36. The van der Waals surface area contributed by atoms with E-state index in [0.29, 0.717) is 6.61 Å². The molecule has 0 spiro atoms. The molecule has 0 aliphatic rings. The van der Waals surface area contributed by atoms with Gasteiger partial charge < -0.3 is 15.4 Å². The maximum absolute atomic E-state index is 12.0. The zero-order valence-corrected chi connectivity index (χ0v) is 14.3. The standard InChI is InChI=1S/C18H30N2O2/c1-5-7-8-10-14(3)19-18(21)20-15(4)16-11-9-12-17(13-16)22-6-2/h9,11-15H,5-8,10H2,1-4H3,(H2,19,20,21). The van der Waals surface area contributed by atoms with Gasteiger partial charge in [-0.1, -0.05) is 38.3 Å². The second-order valence-corrected chi connectivity index (χ2v) is 5.74. The van der Waals surface area contributed by atoms with Gasteiger partial charge in [0.1, 0.15) is 5.75 Å². The average Bonchev–Trinajstić information content (AvgIpc) is 2.48. The van der Waals surface area contributed by atoms with Crippen LogP contribution in [0.3, 0.4) is 0 Å². The summed E-state index contributed by atoms with van der Waals surface area (Å²) in [6, 6.07) is 7.88. The van der Waals surface area contributed by atoms with Crippen LogP contribution in [-0.2, 0) is 0 Å². The quantitative estimate of drug-likeness (QED) is 0.664. The molecule has 1 rings (SSSR count).